The fraction of sp³-hybridized carbons (Fsp3) is 0.474. The Balaban J connectivity index is 0.00000288. The van der Waals surface area contributed by atoms with Crippen molar-refractivity contribution in [2.24, 2.45) is 0 Å². The van der Waals surface area contributed by atoms with Crippen LogP contribution in [0.2, 0.25) is 0 Å². The van der Waals surface area contributed by atoms with Crippen molar-refractivity contribution >= 4 is 23.7 Å². The van der Waals surface area contributed by atoms with Crippen molar-refractivity contribution in [1.29, 1.82) is 0 Å². The Morgan fingerprint density at radius 1 is 1.17 bits per heavy atom. The molecular formula is C19H28ClNO2S. The predicted molar refractivity (Wildman–Crippen MR) is 105 cm³/mol. The third kappa shape index (κ3) is 5.57. The van der Waals surface area contributed by atoms with E-state index in [1.165, 1.54) is 4.88 Å². The highest BCUT2D eigenvalue weighted by atomic mass is 35.5. The molecule has 0 saturated heterocycles. The first kappa shape index (κ1) is 21.1. The molecule has 0 aliphatic rings. The lowest BCUT2D eigenvalue weighted by molar-refractivity contribution is 0.0274. The van der Waals surface area contributed by atoms with Crippen LogP contribution >= 0.6 is 23.7 Å². The molecule has 0 aliphatic carbocycles. The second kappa shape index (κ2) is 10.9. The van der Waals surface area contributed by atoms with Gasteiger partial charge in [-0.15, -0.1) is 23.7 Å². The summed E-state index contributed by atoms with van der Waals surface area (Å²) in [6.07, 6.45) is -0.593. The van der Waals surface area contributed by atoms with Gasteiger partial charge in [-0.1, -0.05) is 38.1 Å². The van der Waals surface area contributed by atoms with Crippen LogP contribution in [0.15, 0.2) is 35.7 Å². The van der Waals surface area contributed by atoms with Crippen LogP contribution in [-0.4, -0.2) is 42.9 Å². The van der Waals surface area contributed by atoms with E-state index in [0.29, 0.717) is 13.2 Å². The van der Waals surface area contributed by atoms with E-state index < -0.39 is 6.10 Å². The third-order valence-electron chi connectivity index (χ3n) is 4.17. The van der Waals surface area contributed by atoms with Gasteiger partial charge >= 0.3 is 0 Å². The lowest BCUT2D eigenvalue weighted by Crippen LogP contribution is -2.27. The lowest BCUT2D eigenvalue weighted by atomic mass is 9.96. The number of hydrogen-bond donors (Lipinski definition) is 1. The quantitative estimate of drug-likeness (QED) is 0.659. The summed E-state index contributed by atoms with van der Waals surface area (Å²) >= 11 is 1.70. The zero-order chi connectivity index (χ0) is 16.7. The Hall–Kier alpha value is -0.910. The van der Waals surface area contributed by atoms with Crippen molar-refractivity contribution in [3.63, 3.8) is 0 Å². The topological polar surface area (TPSA) is 32.7 Å². The standard InChI is InChI=1S/C19H27NO2S.ClH/c1-4-20(5-2)11-12-22-14-17(21)19-15(3)8-6-9-16(19)18-10-7-13-23-18;/h6-10,13,17,21H,4-5,11-12,14H2,1-3H3;1H. The second-order valence-corrected chi connectivity index (χ2v) is 6.58. The molecule has 0 fully saturated rings. The number of rotatable bonds is 9. The fourth-order valence-electron chi connectivity index (χ4n) is 2.78. The molecule has 1 unspecified atom stereocenters. The number of aryl methyl sites for hydroxylation is 1. The van der Waals surface area contributed by atoms with Crippen LogP contribution in [0.25, 0.3) is 10.4 Å². The van der Waals surface area contributed by atoms with Gasteiger partial charge in [0.15, 0.2) is 0 Å². The van der Waals surface area contributed by atoms with Crippen molar-refractivity contribution in [3.8, 4) is 10.4 Å². The molecule has 1 heterocycles. The minimum atomic E-state index is -0.593. The molecule has 0 amide bonds. The number of likely N-dealkylation sites (N-methyl/N-ethyl adjacent to an activating group) is 1. The molecule has 2 rings (SSSR count). The Bertz CT molecular complexity index is 585. The molecule has 0 radical (unpaired) electrons. The number of benzene rings is 1. The zero-order valence-corrected chi connectivity index (χ0v) is 16.3. The molecule has 1 aromatic carbocycles. The molecule has 134 valence electrons. The molecule has 3 nitrogen and oxygen atoms in total. The van der Waals surface area contributed by atoms with Crippen molar-refractivity contribution in [3.05, 3.63) is 46.8 Å². The highest BCUT2D eigenvalue weighted by molar-refractivity contribution is 7.13. The maximum atomic E-state index is 10.6. The molecule has 24 heavy (non-hydrogen) atoms. The summed E-state index contributed by atoms with van der Waals surface area (Å²) < 4.78 is 5.72. The summed E-state index contributed by atoms with van der Waals surface area (Å²) in [5.74, 6) is 0. The Morgan fingerprint density at radius 3 is 2.54 bits per heavy atom. The van der Waals surface area contributed by atoms with Gasteiger partial charge in [-0.05, 0) is 48.2 Å². The molecule has 0 saturated carbocycles. The van der Waals surface area contributed by atoms with Gasteiger partial charge in [0.2, 0.25) is 0 Å². The number of aliphatic hydroxyl groups excluding tert-OH is 1. The van der Waals surface area contributed by atoms with Crippen LogP contribution in [0, 0.1) is 6.92 Å². The molecule has 0 bridgehead atoms. The number of hydrogen-bond acceptors (Lipinski definition) is 4. The maximum Gasteiger partial charge on any atom is 0.103 e. The van der Waals surface area contributed by atoms with Crippen LogP contribution in [0.3, 0.4) is 0 Å². The van der Waals surface area contributed by atoms with Gasteiger partial charge in [0.25, 0.3) is 0 Å². The second-order valence-electron chi connectivity index (χ2n) is 5.63. The molecule has 5 heteroatoms. The van der Waals surface area contributed by atoms with Crippen LogP contribution in [0.1, 0.15) is 31.1 Å². The average Bonchev–Trinajstić information content (AvgIpc) is 3.09. The molecular weight excluding hydrogens is 342 g/mol. The van der Waals surface area contributed by atoms with Gasteiger partial charge < -0.3 is 14.7 Å². The van der Waals surface area contributed by atoms with Crippen LogP contribution < -0.4 is 0 Å². The summed E-state index contributed by atoms with van der Waals surface area (Å²) in [5, 5.41) is 12.7. The number of thiophene rings is 1. The highest BCUT2D eigenvalue weighted by Crippen LogP contribution is 2.33. The van der Waals surface area contributed by atoms with E-state index in [0.717, 1.165) is 36.3 Å². The number of nitrogens with zero attached hydrogens (tertiary/aromatic N) is 1. The Kier molecular flexibility index (Phi) is 9.56. The van der Waals surface area contributed by atoms with E-state index in [-0.39, 0.29) is 12.4 Å². The normalized spacial score (nSPS) is 12.2. The Labute approximate surface area is 155 Å². The molecule has 2 aromatic rings. The number of ether oxygens (including phenoxy) is 1. The van der Waals surface area contributed by atoms with E-state index in [1.807, 2.05) is 25.1 Å². The molecule has 1 N–H and O–H groups in total. The van der Waals surface area contributed by atoms with Crippen LogP contribution in [0.5, 0.6) is 0 Å². The zero-order valence-electron chi connectivity index (χ0n) is 14.7. The van der Waals surface area contributed by atoms with Crippen LogP contribution in [-0.2, 0) is 4.74 Å². The van der Waals surface area contributed by atoms with Gasteiger partial charge in [-0.2, -0.15) is 0 Å². The first-order chi connectivity index (χ1) is 11.2. The first-order valence-corrected chi connectivity index (χ1v) is 9.16. The summed E-state index contributed by atoms with van der Waals surface area (Å²) in [6.45, 7) is 10.3. The predicted octanol–water partition coefficient (Wildman–Crippen LogP) is 4.54. The summed E-state index contributed by atoms with van der Waals surface area (Å²) in [4.78, 5) is 3.50. The summed E-state index contributed by atoms with van der Waals surface area (Å²) in [7, 11) is 0. The average molecular weight is 370 g/mol. The minimum Gasteiger partial charge on any atom is -0.386 e. The minimum absolute atomic E-state index is 0. The van der Waals surface area contributed by atoms with Gasteiger partial charge in [-0.25, -0.2) is 0 Å². The molecule has 1 aromatic heterocycles. The SMILES string of the molecule is CCN(CC)CCOCC(O)c1c(C)cccc1-c1cccs1.Cl. The maximum absolute atomic E-state index is 10.6. The molecule has 0 spiro atoms. The van der Waals surface area contributed by atoms with Crippen molar-refractivity contribution in [2.75, 3.05) is 32.8 Å². The third-order valence-corrected chi connectivity index (χ3v) is 5.07. The van der Waals surface area contributed by atoms with E-state index in [4.69, 9.17) is 4.74 Å². The smallest absolute Gasteiger partial charge is 0.103 e. The van der Waals surface area contributed by atoms with E-state index in [9.17, 15) is 5.11 Å². The van der Waals surface area contributed by atoms with Crippen molar-refractivity contribution in [1.82, 2.24) is 4.90 Å². The number of halogens is 1. The van der Waals surface area contributed by atoms with E-state index in [1.54, 1.807) is 11.3 Å². The van der Waals surface area contributed by atoms with E-state index in [2.05, 4.69) is 36.3 Å². The molecule has 0 aliphatic heterocycles. The monoisotopic (exact) mass is 369 g/mol. The van der Waals surface area contributed by atoms with Gasteiger partial charge in [-0.3, -0.25) is 0 Å². The highest BCUT2D eigenvalue weighted by Gasteiger charge is 2.17. The van der Waals surface area contributed by atoms with Crippen molar-refractivity contribution < 1.29 is 9.84 Å². The van der Waals surface area contributed by atoms with Gasteiger partial charge in [0.05, 0.1) is 13.2 Å². The van der Waals surface area contributed by atoms with Gasteiger partial charge in [0, 0.05) is 11.4 Å². The fourth-order valence-corrected chi connectivity index (χ4v) is 3.55. The number of aliphatic hydroxyl groups is 1. The van der Waals surface area contributed by atoms with E-state index >= 15 is 0 Å². The summed E-state index contributed by atoms with van der Waals surface area (Å²) in [6, 6.07) is 10.3. The largest absolute Gasteiger partial charge is 0.386 e. The molecule has 1 atom stereocenters. The first-order valence-electron chi connectivity index (χ1n) is 8.28. The Morgan fingerprint density at radius 2 is 1.92 bits per heavy atom. The van der Waals surface area contributed by atoms with Crippen LogP contribution in [0.4, 0.5) is 0 Å². The lowest BCUT2D eigenvalue weighted by Gasteiger charge is -2.20. The van der Waals surface area contributed by atoms with Crippen molar-refractivity contribution in [2.45, 2.75) is 26.9 Å². The van der Waals surface area contributed by atoms with Gasteiger partial charge in [0.1, 0.15) is 6.10 Å². The summed E-state index contributed by atoms with van der Waals surface area (Å²) in [5.41, 5.74) is 3.20.